The molecule has 1 aliphatic heterocycles. The minimum Gasteiger partial charge on any atom is -0.496 e. The standard InChI is InChI=1S/C15H23N3O.BrH/c1-12-5-6-14(19-2)13(11-12)7-10-18-15-16-8-3-4-9-17-15;/h5-6,11H,3-4,7-10H2,1-2H3,(H2,16,17,18);1H. The van der Waals surface area contributed by atoms with Crippen molar-refractivity contribution in [2.24, 2.45) is 4.99 Å². The van der Waals surface area contributed by atoms with Crippen LogP contribution in [0.2, 0.25) is 0 Å². The Morgan fingerprint density at radius 3 is 3.00 bits per heavy atom. The number of halogens is 1. The van der Waals surface area contributed by atoms with Crippen molar-refractivity contribution in [3.63, 3.8) is 0 Å². The molecule has 0 saturated heterocycles. The van der Waals surface area contributed by atoms with E-state index in [1.807, 2.05) is 6.07 Å². The first kappa shape index (κ1) is 16.8. The molecule has 20 heavy (non-hydrogen) atoms. The summed E-state index contributed by atoms with van der Waals surface area (Å²) in [4.78, 5) is 4.48. The van der Waals surface area contributed by atoms with E-state index in [1.54, 1.807) is 7.11 Å². The maximum Gasteiger partial charge on any atom is 0.191 e. The maximum atomic E-state index is 5.39. The number of hydrogen-bond acceptors (Lipinski definition) is 4. The van der Waals surface area contributed by atoms with E-state index < -0.39 is 0 Å². The third-order valence-corrected chi connectivity index (χ3v) is 3.27. The highest BCUT2D eigenvalue weighted by Crippen LogP contribution is 2.19. The number of hydrogen-bond donors (Lipinski definition) is 2. The summed E-state index contributed by atoms with van der Waals surface area (Å²) in [6.45, 7) is 4.90. The Labute approximate surface area is 131 Å². The van der Waals surface area contributed by atoms with Crippen molar-refractivity contribution >= 4 is 22.9 Å². The number of methoxy groups -OCH3 is 1. The van der Waals surface area contributed by atoms with Crippen molar-refractivity contribution in [2.45, 2.75) is 26.2 Å². The Morgan fingerprint density at radius 1 is 1.35 bits per heavy atom. The van der Waals surface area contributed by atoms with Gasteiger partial charge in [0.1, 0.15) is 5.75 Å². The van der Waals surface area contributed by atoms with Gasteiger partial charge in [-0.2, -0.15) is 0 Å². The van der Waals surface area contributed by atoms with Crippen LogP contribution in [-0.4, -0.2) is 32.7 Å². The molecule has 1 aromatic carbocycles. The monoisotopic (exact) mass is 341 g/mol. The van der Waals surface area contributed by atoms with Gasteiger partial charge in [-0.3, -0.25) is 4.99 Å². The first-order valence-electron chi connectivity index (χ1n) is 6.95. The summed E-state index contributed by atoms with van der Waals surface area (Å²) in [6, 6.07) is 6.29. The van der Waals surface area contributed by atoms with Crippen molar-refractivity contribution in [3.8, 4) is 5.75 Å². The summed E-state index contributed by atoms with van der Waals surface area (Å²) in [5.74, 6) is 1.90. The van der Waals surface area contributed by atoms with Crippen LogP contribution in [0.4, 0.5) is 0 Å². The molecule has 2 N–H and O–H groups in total. The van der Waals surface area contributed by atoms with Gasteiger partial charge in [0.2, 0.25) is 0 Å². The van der Waals surface area contributed by atoms with Gasteiger partial charge in [0.15, 0.2) is 5.96 Å². The van der Waals surface area contributed by atoms with E-state index in [-0.39, 0.29) is 17.0 Å². The molecule has 1 aromatic rings. The van der Waals surface area contributed by atoms with Crippen LogP contribution in [-0.2, 0) is 6.42 Å². The van der Waals surface area contributed by atoms with Crippen molar-refractivity contribution < 1.29 is 4.74 Å². The van der Waals surface area contributed by atoms with Crippen LogP contribution >= 0.6 is 17.0 Å². The van der Waals surface area contributed by atoms with Gasteiger partial charge in [0, 0.05) is 19.6 Å². The average molecular weight is 342 g/mol. The first-order valence-corrected chi connectivity index (χ1v) is 6.95. The molecular formula is C15H24BrN3O. The lowest BCUT2D eigenvalue weighted by Crippen LogP contribution is -2.38. The zero-order valence-corrected chi connectivity index (χ0v) is 14.0. The van der Waals surface area contributed by atoms with Gasteiger partial charge >= 0.3 is 0 Å². The number of ether oxygens (including phenoxy) is 1. The Balaban J connectivity index is 0.00000200. The second-order valence-corrected chi connectivity index (χ2v) is 4.86. The molecule has 0 atom stereocenters. The lowest BCUT2D eigenvalue weighted by Gasteiger charge is -2.12. The maximum absolute atomic E-state index is 5.39. The number of nitrogens with zero attached hydrogens (tertiary/aromatic N) is 1. The molecular weight excluding hydrogens is 318 g/mol. The normalized spacial score (nSPS) is 14.4. The fraction of sp³-hybridized carbons (Fsp3) is 0.533. The number of benzene rings is 1. The molecule has 0 amide bonds. The Kier molecular flexibility index (Phi) is 7.44. The van der Waals surface area contributed by atoms with Crippen LogP contribution in [0.1, 0.15) is 24.0 Å². The second kappa shape index (κ2) is 8.84. The smallest absolute Gasteiger partial charge is 0.191 e. The van der Waals surface area contributed by atoms with Crippen molar-refractivity contribution in [1.29, 1.82) is 0 Å². The van der Waals surface area contributed by atoms with Gasteiger partial charge in [-0.25, -0.2) is 0 Å². The van der Waals surface area contributed by atoms with Crippen LogP contribution in [0.25, 0.3) is 0 Å². The molecule has 0 bridgehead atoms. The fourth-order valence-corrected chi connectivity index (χ4v) is 2.23. The molecule has 112 valence electrons. The molecule has 1 heterocycles. The first-order chi connectivity index (χ1) is 9.29. The molecule has 1 aliphatic rings. The lowest BCUT2D eigenvalue weighted by molar-refractivity contribution is 0.409. The minimum absolute atomic E-state index is 0. The zero-order valence-electron chi connectivity index (χ0n) is 12.2. The predicted molar refractivity (Wildman–Crippen MR) is 89.3 cm³/mol. The highest BCUT2D eigenvalue weighted by atomic mass is 79.9. The number of aryl methyl sites for hydroxylation is 1. The average Bonchev–Trinajstić information content (AvgIpc) is 2.68. The number of nitrogens with one attached hydrogen (secondary N) is 2. The highest BCUT2D eigenvalue weighted by Gasteiger charge is 2.05. The molecule has 0 spiro atoms. The predicted octanol–water partition coefficient (Wildman–Crippen LogP) is 2.45. The molecule has 5 heteroatoms. The zero-order chi connectivity index (χ0) is 13.5. The SMILES string of the molecule is Br.COc1ccc(C)cc1CCNC1=NCCCCN1. The van der Waals surface area contributed by atoms with Gasteiger partial charge in [-0.05, 0) is 37.8 Å². The molecule has 0 radical (unpaired) electrons. The fourth-order valence-electron chi connectivity index (χ4n) is 2.23. The summed E-state index contributed by atoms with van der Waals surface area (Å²) < 4.78 is 5.39. The molecule has 0 aromatic heterocycles. The molecule has 0 unspecified atom stereocenters. The number of guanidine groups is 1. The Morgan fingerprint density at radius 2 is 2.20 bits per heavy atom. The van der Waals surface area contributed by atoms with Crippen molar-refractivity contribution in [1.82, 2.24) is 10.6 Å². The summed E-state index contributed by atoms with van der Waals surface area (Å²) in [5.41, 5.74) is 2.50. The largest absolute Gasteiger partial charge is 0.496 e. The van der Waals surface area contributed by atoms with E-state index in [9.17, 15) is 0 Å². The minimum atomic E-state index is 0. The van der Waals surface area contributed by atoms with Gasteiger partial charge < -0.3 is 15.4 Å². The van der Waals surface area contributed by atoms with Gasteiger partial charge in [-0.1, -0.05) is 17.7 Å². The third-order valence-electron chi connectivity index (χ3n) is 3.27. The summed E-state index contributed by atoms with van der Waals surface area (Å²) in [6.07, 6.45) is 3.30. The Hall–Kier alpha value is -1.23. The molecule has 0 fully saturated rings. The van der Waals surface area contributed by atoms with Crippen molar-refractivity contribution in [3.05, 3.63) is 29.3 Å². The van der Waals surface area contributed by atoms with Gasteiger partial charge in [0.25, 0.3) is 0 Å². The van der Waals surface area contributed by atoms with Crippen LogP contribution in [0.15, 0.2) is 23.2 Å². The molecule has 4 nitrogen and oxygen atoms in total. The van der Waals surface area contributed by atoms with E-state index in [1.165, 1.54) is 24.0 Å². The second-order valence-electron chi connectivity index (χ2n) is 4.86. The molecule has 0 aliphatic carbocycles. The summed E-state index contributed by atoms with van der Waals surface area (Å²) >= 11 is 0. The number of rotatable bonds is 4. The quantitative estimate of drug-likeness (QED) is 0.884. The van der Waals surface area contributed by atoms with Crippen molar-refractivity contribution in [2.75, 3.05) is 26.7 Å². The van der Waals surface area contributed by atoms with Crippen LogP contribution < -0.4 is 15.4 Å². The van der Waals surface area contributed by atoms with Crippen LogP contribution in [0.3, 0.4) is 0 Å². The molecule has 0 saturated carbocycles. The Bertz CT molecular complexity index is 449. The van der Waals surface area contributed by atoms with Gasteiger partial charge in [-0.15, -0.1) is 17.0 Å². The third kappa shape index (κ3) is 5.04. The van der Waals surface area contributed by atoms with E-state index in [0.717, 1.165) is 37.8 Å². The topological polar surface area (TPSA) is 45.6 Å². The van der Waals surface area contributed by atoms with Crippen LogP contribution in [0, 0.1) is 6.92 Å². The lowest BCUT2D eigenvalue weighted by atomic mass is 10.1. The van der Waals surface area contributed by atoms with Crippen LogP contribution in [0.5, 0.6) is 5.75 Å². The van der Waals surface area contributed by atoms with E-state index in [0.29, 0.717) is 0 Å². The van der Waals surface area contributed by atoms with E-state index in [4.69, 9.17) is 4.74 Å². The summed E-state index contributed by atoms with van der Waals surface area (Å²) in [7, 11) is 1.72. The van der Waals surface area contributed by atoms with E-state index >= 15 is 0 Å². The highest BCUT2D eigenvalue weighted by molar-refractivity contribution is 8.93. The van der Waals surface area contributed by atoms with Gasteiger partial charge in [0.05, 0.1) is 7.11 Å². The summed E-state index contributed by atoms with van der Waals surface area (Å²) in [5, 5.41) is 6.68. The van der Waals surface area contributed by atoms with E-state index in [2.05, 4.69) is 34.7 Å². The number of aliphatic imine (C=N–C) groups is 1. The molecule has 2 rings (SSSR count).